The van der Waals surface area contributed by atoms with Crippen LogP contribution in [0.5, 0.6) is 0 Å². The van der Waals surface area contributed by atoms with E-state index in [0.29, 0.717) is 0 Å². The number of carbonyl (C=O) groups is 2. The molecule has 0 spiro atoms. The van der Waals surface area contributed by atoms with Crippen molar-refractivity contribution in [3.05, 3.63) is 59.7 Å². The van der Waals surface area contributed by atoms with Crippen molar-refractivity contribution >= 4 is 31.6 Å². The number of esters is 1. The molecule has 0 aromatic heterocycles. The summed E-state index contributed by atoms with van der Waals surface area (Å²) in [4.78, 5) is 24.5. The summed E-state index contributed by atoms with van der Waals surface area (Å²) in [6.45, 7) is 5.14. The molecule has 0 aliphatic carbocycles. The monoisotopic (exact) mass is 479 g/mol. The Morgan fingerprint density at radius 3 is 2.34 bits per heavy atom. The molecule has 0 saturated heterocycles. The maximum atomic E-state index is 13.2. The predicted molar refractivity (Wildman–Crippen MR) is 118 cm³/mol. The summed E-state index contributed by atoms with van der Waals surface area (Å²) in [5.41, 5.74) is -0.738. The molecule has 0 saturated carbocycles. The van der Waals surface area contributed by atoms with Crippen LogP contribution in [0.25, 0.3) is 0 Å². The number of fused-ring (bicyclic) bond motifs is 1. The van der Waals surface area contributed by atoms with Crippen molar-refractivity contribution in [2.75, 3.05) is 12.3 Å². The molecule has 1 unspecified atom stereocenters. The third kappa shape index (κ3) is 5.02. The molecule has 1 aliphatic rings. The SMILES string of the molecule is CC(C)(C)OC(=O)CCNC(=O)c1cccc2c1C(S(=O)(=O)c1ccccc1)CS2(=O)=O. The van der Waals surface area contributed by atoms with Crippen molar-refractivity contribution in [2.24, 2.45) is 0 Å². The van der Waals surface area contributed by atoms with Gasteiger partial charge in [-0.1, -0.05) is 24.3 Å². The summed E-state index contributed by atoms with van der Waals surface area (Å²) in [7, 11) is -7.96. The van der Waals surface area contributed by atoms with Gasteiger partial charge in [0.2, 0.25) is 0 Å². The van der Waals surface area contributed by atoms with Gasteiger partial charge in [0.1, 0.15) is 10.9 Å². The van der Waals surface area contributed by atoms with Crippen LogP contribution >= 0.6 is 0 Å². The molecule has 2 aromatic rings. The second kappa shape index (κ2) is 8.67. The zero-order valence-electron chi connectivity index (χ0n) is 18.0. The Balaban J connectivity index is 1.90. The van der Waals surface area contributed by atoms with E-state index in [9.17, 15) is 26.4 Å². The fourth-order valence-corrected chi connectivity index (χ4v) is 7.88. The van der Waals surface area contributed by atoms with Crippen molar-refractivity contribution in [3.8, 4) is 0 Å². The number of nitrogens with one attached hydrogen (secondary N) is 1. The highest BCUT2D eigenvalue weighted by molar-refractivity contribution is 7.96. The van der Waals surface area contributed by atoms with Crippen molar-refractivity contribution in [2.45, 2.75) is 47.8 Å². The highest BCUT2D eigenvalue weighted by atomic mass is 32.2. The van der Waals surface area contributed by atoms with E-state index in [-0.39, 0.29) is 33.9 Å². The van der Waals surface area contributed by atoms with Crippen LogP contribution in [0.3, 0.4) is 0 Å². The van der Waals surface area contributed by atoms with Crippen molar-refractivity contribution in [3.63, 3.8) is 0 Å². The molecular weight excluding hydrogens is 454 g/mol. The summed E-state index contributed by atoms with van der Waals surface area (Å²) in [6, 6.07) is 11.6. The van der Waals surface area contributed by atoms with Gasteiger partial charge >= 0.3 is 5.97 Å². The van der Waals surface area contributed by atoms with E-state index in [0.717, 1.165) is 0 Å². The lowest BCUT2D eigenvalue weighted by molar-refractivity contribution is -0.154. The van der Waals surface area contributed by atoms with Crippen LogP contribution in [-0.2, 0) is 29.2 Å². The minimum atomic E-state index is -4.07. The maximum absolute atomic E-state index is 13.2. The molecule has 32 heavy (non-hydrogen) atoms. The summed E-state index contributed by atoms with van der Waals surface area (Å²) in [5.74, 6) is -1.79. The first-order valence-electron chi connectivity index (χ1n) is 9.97. The van der Waals surface area contributed by atoms with Gasteiger partial charge in [0.15, 0.2) is 19.7 Å². The zero-order chi connectivity index (χ0) is 23.7. The van der Waals surface area contributed by atoms with Gasteiger partial charge in [-0.3, -0.25) is 9.59 Å². The first kappa shape index (κ1) is 23.9. The molecule has 172 valence electrons. The van der Waals surface area contributed by atoms with Gasteiger partial charge in [0.25, 0.3) is 5.91 Å². The van der Waals surface area contributed by atoms with Crippen LogP contribution in [0.1, 0.15) is 48.4 Å². The van der Waals surface area contributed by atoms with Gasteiger partial charge in [-0.15, -0.1) is 0 Å². The van der Waals surface area contributed by atoms with E-state index in [2.05, 4.69) is 5.32 Å². The van der Waals surface area contributed by atoms with Gasteiger partial charge in [0.05, 0.1) is 22.0 Å². The molecule has 8 nitrogen and oxygen atoms in total. The Kier molecular flexibility index (Phi) is 6.48. The third-order valence-corrected chi connectivity index (χ3v) is 8.91. The van der Waals surface area contributed by atoms with Crippen molar-refractivity contribution in [1.82, 2.24) is 5.32 Å². The fraction of sp³-hybridized carbons (Fsp3) is 0.364. The van der Waals surface area contributed by atoms with E-state index in [1.807, 2.05) is 0 Å². The molecule has 3 rings (SSSR count). The molecular formula is C22H25NO7S2. The van der Waals surface area contributed by atoms with Crippen LogP contribution in [0.2, 0.25) is 0 Å². The average Bonchev–Trinajstić information content (AvgIpc) is 2.99. The molecule has 1 N–H and O–H groups in total. The van der Waals surface area contributed by atoms with Crippen molar-refractivity contribution < 1.29 is 31.2 Å². The van der Waals surface area contributed by atoms with Crippen LogP contribution in [-0.4, -0.2) is 46.6 Å². The number of hydrogen-bond donors (Lipinski definition) is 1. The number of hydrogen-bond acceptors (Lipinski definition) is 7. The molecule has 1 aliphatic heterocycles. The van der Waals surface area contributed by atoms with Crippen LogP contribution < -0.4 is 5.32 Å². The Labute approximate surface area is 187 Å². The number of sulfone groups is 2. The predicted octanol–water partition coefficient (Wildman–Crippen LogP) is 2.45. The molecule has 1 atom stereocenters. The second-order valence-corrected chi connectivity index (χ2v) is 12.6. The standard InChI is InChI=1S/C22H25NO7S2/c1-22(2,3)30-19(24)12-13-23-21(25)16-10-7-11-17-20(16)18(14-31(17,26)27)32(28,29)15-8-5-4-6-9-15/h4-11,18H,12-14H2,1-3H3,(H,23,25). The first-order valence-corrected chi connectivity index (χ1v) is 13.2. The summed E-state index contributed by atoms with van der Waals surface area (Å²) in [5, 5.41) is 1.15. The molecule has 1 amide bonds. The molecule has 0 radical (unpaired) electrons. The number of amides is 1. The summed E-state index contributed by atoms with van der Waals surface area (Å²) >= 11 is 0. The zero-order valence-corrected chi connectivity index (χ0v) is 19.6. The number of ether oxygens (including phenoxy) is 1. The van der Waals surface area contributed by atoms with Gasteiger partial charge in [-0.2, -0.15) is 0 Å². The van der Waals surface area contributed by atoms with E-state index in [1.165, 1.54) is 30.3 Å². The maximum Gasteiger partial charge on any atom is 0.308 e. The van der Waals surface area contributed by atoms with Crippen LogP contribution in [0, 0.1) is 0 Å². The summed E-state index contributed by atoms with van der Waals surface area (Å²) in [6.07, 6.45) is -0.0813. The summed E-state index contributed by atoms with van der Waals surface area (Å²) < 4.78 is 57.1. The lowest BCUT2D eigenvalue weighted by Gasteiger charge is -2.19. The smallest absolute Gasteiger partial charge is 0.308 e. The molecule has 10 heteroatoms. The van der Waals surface area contributed by atoms with Gasteiger partial charge in [0, 0.05) is 17.7 Å². The van der Waals surface area contributed by atoms with Gasteiger partial charge in [-0.05, 0) is 45.0 Å². The Morgan fingerprint density at radius 2 is 1.72 bits per heavy atom. The largest absolute Gasteiger partial charge is 0.460 e. The molecule has 1 heterocycles. The highest BCUT2D eigenvalue weighted by Crippen LogP contribution is 2.42. The quantitative estimate of drug-likeness (QED) is 0.631. The van der Waals surface area contributed by atoms with E-state index in [1.54, 1.807) is 39.0 Å². The number of benzene rings is 2. The van der Waals surface area contributed by atoms with E-state index < -0.39 is 48.2 Å². The van der Waals surface area contributed by atoms with Gasteiger partial charge in [-0.25, -0.2) is 16.8 Å². The van der Waals surface area contributed by atoms with Gasteiger partial charge < -0.3 is 10.1 Å². The molecule has 0 fully saturated rings. The Hall–Kier alpha value is -2.72. The third-order valence-electron chi connectivity index (χ3n) is 4.82. The lowest BCUT2D eigenvalue weighted by Crippen LogP contribution is -2.30. The number of rotatable bonds is 6. The number of carbonyl (C=O) groups excluding carboxylic acids is 2. The topological polar surface area (TPSA) is 124 Å². The first-order chi connectivity index (χ1) is 14.8. The molecule has 2 aromatic carbocycles. The average molecular weight is 480 g/mol. The Bertz CT molecular complexity index is 1240. The molecule has 0 bridgehead atoms. The Morgan fingerprint density at radius 1 is 1.06 bits per heavy atom. The highest BCUT2D eigenvalue weighted by Gasteiger charge is 2.45. The van der Waals surface area contributed by atoms with Crippen LogP contribution in [0.4, 0.5) is 0 Å². The fourth-order valence-electron chi connectivity index (χ4n) is 3.50. The lowest BCUT2D eigenvalue weighted by atomic mass is 10.0. The van der Waals surface area contributed by atoms with Crippen LogP contribution in [0.15, 0.2) is 58.3 Å². The minimum Gasteiger partial charge on any atom is -0.460 e. The second-order valence-electron chi connectivity index (χ2n) is 8.44. The minimum absolute atomic E-state index is 0.0202. The normalized spacial score (nSPS) is 17.4. The van der Waals surface area contributed by atoms with Crippen molar-refractivity contribution in [1.29, 1.82) is 0 Å². The van der Waals surface area contributed by atoms with E-state index >= 15 is 0 Å². The van der Waals surface area contributed by atoms with E-state index in [4.69, 9.17) is 4.74 Å².